The van der Waals surface area contributed by atoms with E-state index in [0.717, 1.165) is 11.1 Å². The molecule has 1 amide bonds. The van der Waals surface area contributed by atoms with Crippen molar-refractivity contribution < 1.29 is 9.72 Å². The van der Waals surface area contributed by atoms with Crippen LogP contribution in [0.25, 0.3) is 11.1 Å². The largest absolute Gasteiger partial charge is 0.326 e. The Balaban J connectivity index is 2.41. The normalized spacial score (nSPS) is 10.1. The van der Waals surface area contributed by atoms with Gasteiger partial charge in [0.05, 0.1) is 10.5 Å². The average molecular weight is 270 g/mol. The third kappa shape index (κ3) is 3.00. The summed E-state index contributed by atoms with van der Waals surface area (Å²) in [5.41, 5.74) is 2.89. The first-order valence-corrected chi connectivity index (χ1v) is 6.10. The second-order valence-corrected chi connectivity index (χ2v) is 4.54. The van der Waals surface area contributed by atoms with Gasteiger partial charge in [0, 0.05) is 18.7 Å². The van der Waals surface area contributed by atoms with Crippen LogP contribution in [-0.4, -0.2) is 10.8 Å². The highest BCUT2D eigenvalue weighted by molar-refractivity contribution is 5.89. The van der Waals surface area contributed by atoms with E-state index in [-0.39, 0.29) is 16.5 Å². The highest BCUT2D eigenvalue weighted by Crippen LogP contribution is 2.31. The van der Waals surface area contributed by atoms with Gasteiger partial charge in [-0.25, -0.2) is 0 Å². The van der Waals surface area contributed by atoms with Gasteiger partial charge >= 0.3 is 0 Å². The third-order valence-corrected chi connectivity index (χ3v) is 2.87. The predicted octanol–water partition coefficient (Wildman–Crippen LogP) is 3.53. The quantitative estimate of drug-likeness (QED) is 0.685. The minimum Gasteiger partial charge on any atom is -0.326 e. The number of benzene rings is 2. The Hall–Kier alpha value is -2.69. The molecule has 1 N–H and O–H groups in total. The molecule has 5 nitrogen and oxygen atoms in total. The predicted molar refractivity (Wildman–Crippen MR) is 77.6 cm³/mol. The molecule has 5 heteroatoms. The second-order valence-electron chi connectivity index (χ2n) is 4.54. The molecule has 0 unspecified atom stereocenters. The first kappa shape index (κ1) is 13.7. The highest BCUT2D eigenvalue weighted by Gasteiger charge is 2.15. The summed E-state index contributed by atoms with van der Waals surface area (Å²) in [5, 5.41) is 13.8. The number of hydrogen-bond acceptors (Lipinski definition) is 3. The van der Waals surface area contributed by atoms with E-state index in [0.29, 0.717) is 11.3 Å². The Labute approximate surface area is 116 Å². The maximum absolute atomic E-state index is 11.1. The molecule has 2 aromatic carbocycles. The molecule has 20 heavy (non-hydrogen) atoms. The fraction of sp³-hybridized carbons (Fsp3) is 0.133. The van der Waals surface area contributed by atoms with Crippen LogP contribution in [0, 0.1) is 17.0 Å². The Morgan fingerprint density at radius 1 is 1.15 bits per heavy atom. The molecule has 0 saturated carbocycles. The van der Waals surface area contributed by atoms with Gasteiger partial charge in [-0.3, -0.25) is 14.9 Å². The van der Waals surface area contributed by atoms with E-state index in [4.69, 9.17) is 0 Å². The third-order valence-electron chi connectivity index (χ3n) is 2.87. The minimum atomic E-state index is -0.385. The van der Waals surface area contributed by atoms with Crippen molar-refractivity contribution in [1.82, 2.24) is 0 Å². The van der Waals surface area contributed by atoms with Gasteiger partial charge in [0.2, 0.25) is 5.91 Å². The minimum absolute atomic E-state index is 0.0808. The molecule has 0 heterocycles. The molecule has 0 spiro atoms. The molecule has 0 bridgehead atoms. The smallest absolute Gasteiger partial charge is 0.277 e. The Kier molecular flexibility index (Phi) is 3.79. The average Bonchev–Trinajstić information content (AvgIpc) is 2.39. The summed E-state index contributed by atoms with van der Waals surface area (Å²) in [7, 11) is 0. The van der Waals surface area contributed by atoms with E-state index in [9.17, 15) is 14.9 Å². The van der Waals surface area contributed by atoms with E-state index in [1.54, 1.807) is 36.4 Å². The van der Waals surface area contributed by atoms with Gasteiger partial charge in [0.25, 0.3) is 5.69 Å². The van der Waals surface area contributed by atoms with Crippen LogP contribution in [0.3, 0.4) is 0 Å². The number of hydrogen-bond donors (Lipinski definition) is 1. The van der Waals surface area contributed by atoms with Crippen LogP contribution in [0.2, 0.25) is 0 Å². The second kappa shape index (κ2) is 5.52. The van der Waals surface area contributed by atoms with Gasteiger partial charge in [-0.2, -0.15) is 0 Å². The molecular weight excluding hydrogens is 256 g/mol. The molecule has 0 aliphatic rings. The number of carbonyl (C=O) groups excluding carboxylic acids is 1. The van der Waals surface area contributed by atoms with Crippen LogP contribution in [0.4, 0.5) is 11.4 Å². The zero-order valence-corrected chi connectivity index (χ0v) is 11.2. The molecule has 0 aliphatic carbocycles. The van der Waals surface area contributed by atoms with E-state index >= 15 is 0 Å². The van der Waals surface area contributed by atoms with E-state index < -0.39 is 0 Å². The van der Waals surface area contributed by atoms with Gasteiger partial charge in [0.1, 0.15) is 0 Å². The van der Waals surface area contributed by atoms with E-state index in [1.165, 1.54) is 6.92 Å². The van der Waals surface area contributed by atoms with Gasteiger partial charge in [-0.05, 0) is 36.2 Å². The lowest BCUT2D eigenvalue weighted by Gasteiger charge is -2.06. The number of amides is 1. The summed E-state index contributed by atoms with van der Waals surface area (Å²) < 4.78 is 0. The zero-order chi connectivity index (χ0) is 14.7. The molecule has 0 fully saturated rings. The number of rotatable bonds is 3. The Morgan fingerprint density at radius 3 is 2.35 bits per heavy atom. The summed E-state index contributed by atoms with van der Waals surface area (Å²) in [6.07, 6.45) is 0. The van der Waals surface area contributed by atoms with Gasteiger partial charge in [-0.1, -0.05) is 18.2 Å². The standard InChI is InChI=1S/C15H14N2O3/c1-10-3-8-14(15(9-10)17(19)20)12-4-6-13(7-5-12)16-11(2)18/h3-9H,1-2H3,(H,16,18). The van der Waals surface area contributed by atoms with Crippen molar-refractivity contribution in [3.8, 4) is 11.1 Å². The van der Waals surface area contributed by atoms with Crippen LogP contribution in [0.15, 0.2) is 42.5 Å². The van der Waals surface area contributed by atoms with Crippen molar-refractivity contribution in [2.45, 2.75) is 13.8 Å². The maximum atomic E-state index is 11.1. The molecule has 2 rings (SSSR count). The van der Waals surface area contributed by atoms with Gasteiger partial charge in [0.15, 0.2) is 0 Å². The van der Waals surface area contributed by atoms with E-state index in [1.807, 2.05) is 13.0 Å². The number of nitro groups is 1. The summed E-state index contributed by atoms with van der Waals surface area (Å²) in [6, 6.07) is 12.1. The monoisotopic (exact) mass is 270 g/mol. The lowest BCUT2D eigenvalue weighted by molar-refractivity contribution is -0.384. The molecular formula is C15H14N2O3. The van der Waals surface area contributed by atoms with Crippen molar-refractivity contribution in [3.63, 3.8) is 0 Å². The van der Waals surface area contributed by atoms with Crippen LogP contribution < -0.4 is 5.32 Å². The molecule has 102 valence electrons. The number of aryl methyl sites for hydroxylation is 1. The van der Waals surface area contributed by atoms with Crippen molar-refractivity contribution in [3.05, 3.63) is 58.1 Å². The van der Waals surface area contributed by atoms with Gasteiger partial charge < -0.3 is 5.32 Å². The summed E-state index contributed by atoms with van der Waals surface area (Å²) in [6.45, 7) is 3.25. The van der Waals surface area contributed by atoms with Crippen molar-refractivity contribution in [2.75, 3.05) is 5.32 Å². The number of anilines is 1. The maximum Gasteiger partial charge on any atom is 0.277 e. The topological polar surface area (TPSA) is 72.2 Å². The van der Waals surface area contributed by atoms with Crippen molar-refractivity contribution >= 4 is 17.3 Å². The SMILES string of the molecule is CC(=O)Nc1ccc(-c2ccc(C)cc2[N+](=O)[O-])cc1. The molecule has 0 atom stereocenters. The highest BCUT2D eigenvalue weighted by atomic mass is 16.6. The Morgan fingerprint density at radius 2 is 1.80 bits per heavy atom. The van der Waals surface area contributed by atoms with Crippen molar-refractivity contribution in [1.29, 1.82) is 0 Å². The fourth-order valence-electron chi connectivity index (χ4n) is 1.97. The summed E-state index contributed by atoms with van der Waals surface area (Å²) >= 11 is 0. The van der Waals surface area contributed by atoms with Crippen molar-refractivity contribution in [2.24, 2.45) is 0 Å². The molecule has 0 saturated heterocycles. The van der Waals surface area contributed by atoms with Crippen LogP contribution in [0.1, 0.15) is 12.5 Å². The van der Waals surface area contributed by atoms with Crippen LogP contribution in [-0.2, 0) is 4.79 Å². The van der Waals surface area contributed by atoms with Gasteiger partial charge in [-0.15, -0.1) is 0 Å². The summed E-state index contributed by atoms with van der Waals surface area (Å²) in [4.78, 5) is 21.7. The van der Waals surface area contributed by atoms with Crippen LogP contribution >= 0.6 is 0 Å². The number of carbonyl (C=O) groups is 1. The first-order chi connectivity index (χ1) is 9.47. The lowest BCUT2D eigenvalue weighted by Crippen LogP contribution is -2.05. The van der Waals surface area contributed by atoms with E-state index in [2.05, 4.69) is 5.32 Å². The number of nitrogens with one attached hydrogen (secondary N) is 1. The first-order valence-electron chi connectivity index (χ1n) is 6.10. The number of nitro benzene ring substituents is 1. The molecule has 0 radical (unpaired) electrons. The fourth-order valence-corrected chi connectivity index (χ4v) is 1.97. The zero-order valence-electron chi connectivity index (χ0n) is 11.2. The number of nitrogens with zero attached hydrogens (tertiary/aromatic N) is 1. The lowest BCUT2D eigenvalue weighted by atomic mass is 10.0. The Bertz CT molecular complexity index is 663. The molecule has 0 aliphatic heterocycles. The van der Waals surface area contributed by atoms with Crippen LogP contribution in [0.5, 0.6) is 0 Å². The summed E-state index contributed by atoms with van der Waals surface area (Å²) in [5.74, 6) is -0.154. The molecule has 2 aromatic rings. The molecule has 0 aromatic heterocycles.